The number of hydrogen-bond donors (Lipinski definition) is 1. The van der Waals surface area contributed by atoms with Gasteiger partial charge in [0.25, 0.3) is 5.89 Å². The van der Waals surface area contributed by atoms with E-state index in [4.69, 9.17) is 9.63 Å². The summed E-state index contributed by atoms with van der Waals surface area (Å²) in [6.45, 7) is 1.44. The van der Waals surface area contributed by atoms with Gasteiger partial charge in [-0.1, -0.05) is 59.8 Å². The third-order valence-corrected chi connectivity index (χ3v) is 6.35. The molecule has 36 heavy (non-hydrogen) atoms. The Balaban J connectivity index is 1.37. The zero-order chi connectivity index (χ0) is 25.3. The number of aromatic nitrogens is 2. The number of nitrogens with zero attached hydrogens (tertiary/aromatic N) is 3. The van der Waals surface area contributed by atoms with Gasteiger partial charge in [0.05, 0.1) is 12.1 Å². The van der Waals surface area contributed by atoms with E-state index in [0.29, 0.717) is 17.7 Å². The fourth-order valence-electron chi connectivity index (χ4n) is 4.58. The largest absolute Gasteiger partial charge is 0.480 e. The van der Waals surface area contributed by atoms with Crippen molar-refractivity contribution in [3.63, 3.8) is 0 Å². The summed E-state index contributed by atoms with van der Waals surface area (Å²) < 4.78 is 46.9. The minimum absolute atomic E-state index is 0.0295. The quantitative estimate of drug-likeness (QED) is 0.357. The third kappa shape index (κ3) is 5.01. The summed E-state index contributed by atoms with van der Waals surface area (Å²) in [4.78, 5) is 17.2. The van der Waals surface area contributed by atoms with Crippen molar-refractivity contribution in [2.24, 2.45) is 0 Å². The van der Waals surface area contributed by atoms with Crippen molar-refractivity contribution in [3.05, 3.63) is 83.9 Å². The molecule has 1 aliphatic heterocycles. The predicted octanol–water partition coefficient (Wildman–Crippen LogP) is 5.96. The van der Waals surface area contributed by atoms with Crippen LogP contribution in [0.5, 0.6) is 0 Å². The summed E-state index contributed by atoms with van der Waals surface area (Å²) in [5.41, 5.74) is 1.72. The average Bonchev–Trinajstić information content (AvgIpc) is 3.54. The van der Waals surface area contributed by atoms with E-state index in [0.717, 1.165) is 24.6 Å². The number of carboxylic acid groups (broad SMARTS) is 1. The predicted molar refractivity (Wildman–Crippen MR) is 127 cm³/mol. The van der Waals surface area contributed by atoms with Gasteiger partial charge < -0.3 is 9.63 Å². The molecular formula is C27H22F3N3O3. The molecule has 0 aliphatic carbocycles. The van der Waals surface area contributed by atoms with Crippen LogP contribution in [0.1, 0.15) is 23.5 Å². The lowest BCUT2D eigenvalue weighted by molar-refractivity contribution is -0.138. The van der Waals surface area contributed by atoms with E-state index in [1.807, 2.05) is 29.2 Å². The van der Waals surface area contributed by atoms with Crippen LogP contribution >= 0.6 is 0 Å². The van der Waals surface area contributed by atoms with Gasteiger partial charge in [-0.2, -0.15) is 18.2 Å². The van der Waals surface area contributed by atoms with Gasteiger partial charge in [0.1, 0.15) is 0 Å². The van der Waals surface area contributed by atoms with Gasteiger partial charge in [-0.25, -0.2) is 0 Å². The first-order chi connectivity index (χ1) is 17.3. The smallest absolute Gasteiger partial charge is 0.417 e. The number of likely N-dealkylation sites (tertiary alicyclic amines) is 1. The molecule has 6 nitrogen and oxygen atoms in total. The number of carboxylic acids is 1. The van der Waals surface area contributed by atoms with Crippen molar-refractivity contribution < 1.29 is 27.6 Å². The Bertz CT molecular complexity index is 1370. The third-order valence-electron chi connectivity index (χ3n) is 6.35. The molecule has 184 valence electrons. The molecule has 0 bridgehead atoms. The lowest BCUT2D eigenvalue weighted by Crippen LogP contribution is -2.27. The number of alkyl halides is 3. The van der Waals surface area contributed by atoms with Crippen LogP contribution < -0.4 is 0 Å². The molecular weight excluding hydrogens is 471 g/mol. The van der Waals surface area contributed by atoms with E-state index in [9.17, 15) is 18.0 Å². The van der Waals surface area contributed by atoms with E-state index < -0.39 is 17.7 Å². The maximum absolute atomic E-state index is 13.9. The molecule has 9 heteroatoms. The first kappa shape index (κ1) is 23.7. The highest BCUT2D eigenvalue weighted by molar-refractivity contribution is 5.73. The van der Waals surface area contributed by atoms with Crippen molar-refractivity contribution in [3.8, 4) is 34.0 Å². The van der Waals surface area contributed by atoms with Crippen LogP contribution in [0.25, 0.3) is 34.0 Å². The van der Waals surface area contributed by atoms with Gasteiger partial charge in [-0.05, 0) is 53.8 Å². The second-order valence-electron chi connectivity index (χ2n) is 8.78. The molecule has 1 fully saturated rings. The van der Waals surface area contributed by atoms with Crippen molar-refractivity contribution in [1.29, 1.82) is 0 Å². The van der Waals surface area contributed by atoms with E-state index in [-0.39, 0.29) is 35.3 Å². The van der Waals surface area contributed by atoms with Crippen LogP contribution in [-0.2, 0) is 11.0 Å². The van der Waals surface area contributed by atoms with Gasteiger partial charge in [-0.3, -0.25) is 9.69 Å². The van der Waals surface area contributed by atoms with E-state index >= 15 is 0 Å². The van der Waals surface area contributed by atoms with Crippen molar-refractivity contribution >= 4 is 5.97 Å². The maximum Gasteiger partial charge on any atom is 0.417 e. The average molecular weight is 493 g/mol. The molecule has 0 saturated carbocycles. The Morgan fingerprint density at radius 2 is 1.72 bits per heavy atom. The highest BCUT2D eigenvalue weighted by Crippen LogP contribution is 2.39. The van der Waals surface area contributed by atoms with Gasteiger partial charge >= 0.3 is 12.1 Å². The van der Waals surface area contributed by atoms with Gasteiger partial charge in [0.2, 0.25) is 5.82 Å². The number of halogens is 3. The molecule has 1 aromatic heterocycles. The highest BCUT2D eigenvalue weighted by Gasteiger charge is 2.34. The number of aliphatic carboxylic acids is 1. The Hall–Kier alpha value is -3.98. The van der Waals surface area contributed by atoms with Crippen LogP contribution in [0.4, 0.5) is 13.2 Å². The Morgan fingerprint density at radius 3 is 2.42 bits per heavy atom. The number of rotatable bonds is 6. The maximum atomic E-state index is 13.9. The lowest BCUT2D eigenvalue weighted by atomic mass is 9.97. The minimum Gasteiger partial charge on any atom is -0.480 e. The zero-order valence-electron chi connectivity index (χ0n) is 19.1. The Morgan fingerprint density at radius 1 is 1.00 bits per heavy atom. The molecule has 0 spiro atoms. The molecule has 2 heterocycles. The van der Waals surface area contributed by atoms with Gasteiger partial charge in [0.15, 0.2) is 0 Å². The normalized spacial score (nSPS) is 16.4. The van der Waals surface area contributed by atoms with Gasteiger partial charge in [0, 0.05) is 17.7 Å². The minimum atomic E-state index is -4.55. The summed E-state index contributed by atoms with van der Waals surface area (Å²) in [6.07, 6.45) is -3.68. The zero-order valence-corrected chi connectivity index (χ0v) is 19.1. The van der Waals surface area contributed by atoms with Crippen LogP contribution in [0, 0.1) is 0 Å². The summed E-state index contributed by atoms with van der Waals surface area (Å²) >= 11 is 0. The molecule has 1 atom stereocenters. The summed E-state index contributed by atoms with van der Waals surface area (Å²) in [7, 11) is 0. The van der Waals surface area contributed by atoms with Crippen molar-refractivity contribution in [2.75, 3.05) is 19.6 Å². The summed E-state index contributed by atoms with van der Waals surface area (Å²) in [5.74, 6) is -0.328. The van der Waals surface area contributed by atoms with E-state index in [2.05, 4.69) is 10.1 Å². The monoisotopic (exact) mass is 493 g/mol. The molecule has 1 N–H and O–H groups in total. The second-order valence-corrected chi connectivity index (χ2v) is 8.78. The standard InChI is InChI=1S/C27H22F3N3O3/c28-27(29,30)23-14-20(10-11-22(23)18-4-2-1-3-5-18)25-31-26(36-32-25)19-8-6-17(7-9-19)21-12-13-33(15-21)16-24(34)35/h1-11,14,21H,12-13,15-16H2,(H,34,35). The fourth-order valence-corrected chi connectivity index (χ4v) is 4.58. The van der Waals surface area contributed by atoms with Crippen molar-refractivity contribution in [1.82, 2.24) is 15.0 Å². The van der Waals surface area contributed by atoms with Crippen LogP contribution in [0.15, 0.2) is 77.3 Å². The topological polar surface area (TPSA) is 79.5 Å². The van der Waals surface area contributed by atoms with Crippen LogP contribution in [-0.4, -0.2) is 45.8 Å². The first-order valence-corrected chi connectivity index (χ1v) is 11.4. The Labute approximate surface area is 205 Å². The molecule has 4 aromatic rings. The lowest BCUT2D eigenvalue weighted by Gasteiger charge is -2.14. The molecule has 0 radical (unpaired) electrons. The molecule has 5 rings (SSSR count). The first-order valence-electron chi connectivity index (χ1n) is 11.4. The van der Waals surface area contributed by atoms with E-state index in [1.165, 1.54) is 6.07 Å². The SMILES string of the molecule is O=C(O)CN1CCC(c2ccc(-c3nc(-c4ccc(-c5ccccc5)c(C(F)(F)F)c4)no3)cc2)C1. The van der Waals surface area contributed by atoms with Crippen LogP contribution in [0.2, 0.25) is 0 Å². The Kier molecular flexibility index (Phi) is 6.32. The second kappa shape index (κ2) is 9.58. The number of carbonyl (C=O) groups is 1. The van der Waals surface area contributed by atoms with Crippen LogP contribution in [0.3, 0.4) is 0 Å². The van der Waals surface area contributed by atoms with Crippen molar-refractivity contribution in [2.45, 2.75) is 18.5 Å². The molecule has 1 unspecified atom stereocenters. The molecule has 0 amide bonds. The number of hydrogen-bond acceptors (Lipinski definition) is 5. The van der Waals surface area contributed by atoms with E-state index in [1.54, 1.807) is 36.4 Å². The summed E-state index contributed by atoms with van der Waals surface area (Å²) in [5, 5.41) is 12.9. The summed E-state index contributed by atoms with van der Waals surface area (Å²) in [6, 6.07) is 20.0. The molecule has 1 saturated heterocycles. The number of benzene rings is 3. The van der Waals surface area contributed by atoms with Gasteiger partial charge in [-0.15, -0.1) is 0 Å². The molecule has 3 aromatic carbocycles. The molecule has 1 aliphatic rings. The highest BCUT2D eigenvalue weighted by atomic mass is 19.4. The fraction of sp³-hybridized carbons (Fsp3) is 0.222.